The first-order valence-corrected chi connectivity index (χ1v) is 18.8. The fraction of sp³-hybridized carbons (Fsp3) is 0.591. The normalized spacial score (nSPS) is 35.5. The molecular weight excluding hydrogens is 544 g/mol. The van der Waals surface area contributed by atoms with E-state index in [1.54, 1.807) is 11.1 Å². The zero-order valence-corrected chi connectivity index (χ0v) is 28.6. The molecule has 8 rings (SSSR count). The molecule has 238 valence electrons. The van der Waals surface area contributed by atoms with E-state index < -0.39 is 0 Å². The van der Waals surface area contributed by atoms with Gasteiger partial charge in [-0.05, 0) is 135 Å². The van der Waals surface area contributed by atoms with E-state index in [0.29, 0.717) is 16.7 Å². The number of fused-ring (bicyclic) bond motifs is 5. The molecule has 0 bridgehead atoms. The van der Waals surface area contributed by atoms with Gasteiger partial charge in [-0.3, -0.25) is 0 Å². The van der Waals surface area contributed by atoms with E-state index in [1.807, 2.05) is 0 Å². The van der Waals surface area contributed by atoms with E-state index in [0.717, 1.165) is 48.3 Å². The number of hydrogen-bond acceptors (Lipinski definition) is 1. The fourth-order valence-electron chi connectivity index (χ4n) is 12.4. The van der Waals surface area contributed by atoms with Crippen LogP contribution in [0.4, 0.5) is 0 Å². The quantitative estimate of drug-likeness (QED) is 0.165. The summed E-state index contributed by atoms with van der Waals surface area (Å²) in [6.07, 6.45) is 16.4. The summed E-state index contributed by atoms with van der Waals surface area (Å²) in [5.41, 5.74) is 3.94. The molecule has 0 amide bonds. The van der Waals surface area contributed by atoms with Crippen molar-refractivity contribution in [2.45, 2.75) is 117 Å². The van der Waals surface area contributed by atoms with Crippen LogP contribution in [0.5, 0.6) is 0 Å². The van der Waals surface area contributed by atoms with Crippen LogP contribution in [0.1, 0.15) is 117 Å². The second-order valence-electron chi connectivity index (χ2n) is 17.1. The van der Waals surface area contributed by atoms with Gasteiger partial charge in [-0.2, -0.15) is 0 Å². The van der Waals surface area contributed by atoms with E-state index in [-0.39, 0.29) is 6.10 Å². The molecule has 4 aromatic carbocycles. The van der Waals surface area contributed by atoms with Crippen LogP contribution in [0.2, 0.25) is 0 Å². The predicted octanol–water partition coefficient (Wildman–Crippen LogP) is 12.1. The molecule has 0 aromatic heterocycles. The first kappa shape index (κ1) is 30.0. The van der Waals surface area contributed by atoms with Gasteiger partial charge in [0.2, 0.25) is 0 Å². The molecule has 1 nitrogen and oxygen atoms in total. The number of aliphatic hydroxyl groups excluding tert-OH is 1. The number of aliphatic hydroxyl groups is 1. The molecule has 4 aliphatic carbocycles. The van der Waals surface area contributed by atoms with Crippen molar-refractivity contribution in [3.05, 3.63) is 71.8 Å². The average molecular weight is 601 g/mol. The molecule has 0 radical (unpaired) electrons. The van der Waals surface area contributed by atoms with Gasteiger partial charge in [-0.1, -0.05) is 127 Å². The van der Waals surface area contributed by atoms with Gasteiger partial charge >= 0.3 is 0 Å². The number of benzene rings is 4. The summed E-state index contributed by atoms with van der Waals surface area (Å²) in [5.74, 6) is 5.29. The summed E-state index contributed by atoms with van der Waals surface area (Å²) in [6, 6.07) is 21.5. The van der Waals surface area contributed by atoms with Crippen molar-refractivity contribution in [3.8, 4) is 0 Å². The van der Waals surface area contributed by atoms with Gasteiger partial charge in [0.1, 0.15) is 0 Å². The van der Waals surface area contributed by atoms with Crippen molar-refractivity contribution in [1.82, 2.24) is 0 Å². The van der Waals surface area contributed by atoms with Crippen molar-refractivity contribution in [1.29, 1.82) is 0 Å². The minimum Gasteiger partial charge on any atom is -0.393 e. The van der Waals surface area contributed by atoms with Gasteiger partial charge in [-0.25, -0.2) is 0 Å². The first-order chi connectivity index (χ1) is 21.7. The third-order valence-electron chi connectivity index (χ3n) is 14.6. The van der Waals surface area contributed by atoms with Crippen LogP contribution in [0.25, 0.3) is 32.3 Å². The van der Waals surface area contributed by atoms with Gasteiger partial charge in [0.25, 0.3) is 0 Å². The minimum atomic E-state index is -0.124. The Kier molecular flexibility index (Phi) is 7.40. The standard InChI is InChI=1S/C44H56O/c1-6-28(10-7-9-27(2)3)42-37(34-18-15-31-14-13-29-11-8-12-30-16-19-35(34)41(31)40(29)30)26-39-36-20-17-32-25-33(45)21-23-43(32,4)38(36)22-24-44(39,42)5/h8,11-19,27-28,33,36-39,42,45H,6-7,9-10,20-26H2,1-5H3/t28-,33+,36-,37?,38+,39+,42+,43+,44+/m1/s1. The van der Waals surface area contributed by atoms with Crippen LogP contribution < -0.4 is 0 Å². The molecule has 0 heterocycles. The van der Waals surface area contributed by atoms with Gasteiger partial charge < -0.3 is 5.11 Å². The minimum absolute atomic E-state index is 0.124. The van der Waals surface area contributed by atoms with Crippen LogP contribution in [0, 0.1) is 46.3 Å². The SMILES string of the molecule is CC[C@H](CCCC(C)C)[C@H]1C(c2ccc3ccc4cccc5ccc2c3c45)C[C@H]2[C@@H]3CC=C4C[C@@H](O)CC[C@]4(C)[C@H]3CC[C@]12C. The Morgan fingerprint density at radius 3 is 2.33 bits per heavy atom. The highest BCUT2D eigenvalue weighted by Crippen LogP contribution is 2.70. The molecule has 9 atom stereocenters. The lowest BCUT2D eigenvalue weighted by molar-refractivity contribution is -0.0594. The largest absolute Gasteiger partial charge is 0.393 e. The van der Waals surface area contributed by atoms with E-state index in [2.05, 4.69) is 95.3 Å². The van der Waals surface area contributed by atoms with Gasteiger partial charge in [0.05, 0.1) is 6.10 Å². The van der Waals surface area contributed by atoms with Crippen molar-refractivity contribution in [2.75, 3.05) is 0 Å². The zero-order valence-electron chi connectivity index (χ0n) is 28.6. The van der Waals surface area contributed by atoms with Crippen molar-refractivity contribution < 1.29 is 5.11 Å². The number of rotatable bonds is 7. The predicted molar refractivity (Wildman–Crippen MR) is 192 cm³/mol. The third kappa shape index (κ3) is 4.57. The molecule has 0 spiro atoms. The molecule has 0 aliphatic heterocycles. The van der Waals surface area contributed by atoms with Crippen LogP contribution >= 0.6 is 0 Å². The summed E-state index contributed by atoms with van der Waals surface area (Å²) in [5, 5.41) is 19.2. The summed E-state index contributed by atoms with van der Waals surface area (Å²) in [4.78, 5) is 0. The summed E-state index contributed by atoms with van der Waals surface area (Å²) in [7, 11) is 0. The molecular formula is C44H56O. The molecule has 4 aromatic rings. The maximum atomic E-state index is 10.6. The van der Waals surface area contributed by atoms with E-state index in [1.165, 1.54) is 90.1 Å². The molecule has 1 N–H and O–H groups in total. The van der Waals surface area contributed by atoms with Crippen molar-refractivity contribution in [3.63, 3.8) is 0 Å². The second kappa shape index (κ2) is 11.1. The monoisotopic (exact) mass is 600 g/mol. The smallest absolute Gasteiger partial charge is 0.0577 e. The molecule has 1 unspecified atom stereocenters. The highest BCUT2D eigenvalue weighted by molar-refractivity contribution is 6.23. The average Bonchev–Trinajstić information content (AvgIpc) is 3.35. The zero-order chi connectivity index (χ0) is 31.1. The van der Waals surface area contributed by atoms with Crippen LogP contribution in [-0.2, 0) is 0 Å². The molecule has 3 fully saturated rings. The lowest BCUT2D eigenvalue weighted by atomic mass is 9.46. The Labute approximate surface area is 272 Å². The van der Waals surface area contributed by atoms with Gasteiger partial charge in [0, 0.05) is 0 Å². The second-order valence-corrected chi connectivity index (χ2v) is 17.1. The Morgan fingerprint density at radius 1 is 0.844 bits per heavy atom. The Hall–Kier alpha value is -2.38. The van der Waals surface area contributed by atoms with E-state index in [9.17, 15) is 5.11 Å². The Bertz CT molecular complexity index is 1710. The maximum absolute atomic E-state index is 10.6. The summed E-state index contributed by atoms with van der Waals surface area (Å²) >= 11 is 0. The van der Waals surface area contributed by atoms with Crippen LogP contribution in [0.15, 0.2) is 66.2 Å². The highest BCUT2D eigenvalue weighted by atomic mass is 16.3. The lowest BCUT2D eigenvalue weighted by Gasteiger charge is -2.58. The molecule has 4 aliphatic rings. The van der Waals surface area contributed by atoms with E-state index >= 15 is 0 Å². The summed E-state index contributed by atoms with van der Waals surface area (Å²) < 4.78 is 0. The van der Waals surface area contributed by atoms with Gasteiger partial charge in [-0.15, -0.1) is 0 Å². The third-order valence-corrected chi connectivity index (χ3v) is 14.6. The van der Waals surface area contributed by atoms with E-state index in [4.69, 9.17) is 0 Å². The van der Waals surface area contributed by atoms with Crippen LogP contribution in [0.3, 0.4) is 0 Å². The molecule has 3 saturated carbocycles. The topological polar surface area (TPSA) is 20.2 Å². The Morgan fingerprint density at radius 2 is 1.58 bits per heavy atom. The first-order valence-electron chi connectivity index (χ1n) is 18.8. The fourth-order valence-corrected chi connectivity index (χ4v) is 12.4. The lowest BCUT2D eigenvalue weighted by Crippen LogP contribution is -2.51. The summed E-state index contributed by atoms with van der Waals surface area (Å²) in [6.45, 7) is 12.7. The number of hydrogen-bond donors (Lipinski definition) is 1. The molecule has 1 heteroatoms. The highest BCUT2D eigenvalue weighted by Gasteiger charge is 2.62. The van der Waals surface area contributed by atoms with Gasteiger partial charge in [0.15, 0.2) is 0 Å². The van der Waals surface area contributed by atoms with Crippen LogP contribution in [-0.4, -0.2) is 11.2 Å². The maximum Gasteiger partial charge on any atom is 0.0577 e. The van der Waals surface area contributed by atoms with Crippen molar-refractivity contribution in [2.24, 2.45) is 46.3 Å². The Balaban J connectivity index is 1.25. The van der Waals surface area contributed by atoms with Crippen molar-refractivity contribution >= 4 is 32.3 Å². The molecule has 0 saturated heterocycles. The number of allylic oxidation sites excluding steroid dienone is 1. The molecule has 45 heavy (non-hydrogen) atoms.